The van der Waals surface area contributed by atoms with E-state index in [4.69, 9.17) is 4.74 Å². The van der Waals surface area contributed by atoms with E-state index in [1.165, 1.54) is 7.11 Å². The maximum Gasteiger partial charge on any atom is 0.337 e. The summed E-state index contributed by atoms with van der Waals surface area (Å²) in [6.45, 7) is 6.22. The van der Waals surface area contributed by atoms with Crippen LogP contribution in [0, 0.1) is 11.3 Å². The van der Waals surface area contributed by atoms with E-state index in [9.17, 15) is 9.90 Å². The first-order valence-electron chi connectivity index (χ1n) is 5.26. The van der Waals surface area contributed by atoms with Crippen molar-refractivity contribution < 1.29 is 19.4 Å². The Balaban J connectivity index is 2.36. The Morgan fingerprint density at radius 2 is 2.20 bits per heavy atom. The fourth-order valence-corrected chi connectivity index (χ4v) is 1.47. The van der Waals surface area contributed by atoms with Gasteiger partial charge < -0.3 is 14.6 Å². The molecule has 0 aliphatic carbocycles. The fourth-order valence-electron chi connectivity index (χ4n) is 1.47. The summed E-state index contributed by atoms with van der Waals surface area (Å²) in [6, 6.07) is 0. The number of epoxide rings is 1. The molecule has 3 unspecified atom stereocenters. The SMILES string of the molecule is COC(=O)C1OC1CC(C)C(C)(C)CO. The van der Waals surface area contributed by atoms with Gasteiger partial charge in [-0.15, -0.1) is 0 Å². The molecule has 0 saturated carbocycles. The number of rotatable bonds is 5. The minimum atomic E-state index is -0.382. The third-order valence-corrected chi connectivity index (χ3v) is 3.34. The molecule has 0 aromatic rings. The van der Waals surface area contributed by atoms with E-state index in [0.717, 1.165) is 6.42 Å². The summed E-state index contributed by atoms with van der Waals surface area (Å²) in [5.41, 5.74) is -0.132. The van der Waals surface area contributed by atoms with Crippen LogP contribution in [-0.2, 0) is 14.3 Å². The van der Waals surface area contributed by atoms with Gasteiger partial charge in [-0.1, -0.05) is 20.8 Å². The average Bonchev–Trinajstić information content (AvgIpc) is 2.96. The summed E-state index contributed by atoms with van der Waals surface area (Å²) in [5.74, 6) is 0.0103. The second-order valence-electron chi connectivity index (χ2n) is 4.90. The number of aliphatic hydroxyl groups excluding tert-OH is 1. The molecule has 3 atom stereocenters. The van der Waals surface area contributed by atoms with E-state index in [-0.39, 0.29) is 30.2 Å². The minimum Gasteiger partial charge on any atom is -0.467 e. The second kappa shape index (κ2) is 4.49. The first-order chi connectivity index (χ1) is 6.92. The standard InChI is InChI=1S/C11H20O4/c1-7(11(2,3)6-12)5-8-9(15-8)10(13)14-4/h7-9,12H,5-6H2,1-4H3. The zero-order valence-electron chi connectivity index (χ0n) is 9.82. The first-order valence-corrected chi connectivity index (χ1v) is 5.26. The Morgan fingerprint density at radius 1 is 1.60 bits per heavy atom. The van der Waals surface area contributed by atoms with Crippen LogP contribution < -0.4 is 0 Å². The van der Waals surface area contributed by atoms with Gasteiger partial charge in [0.15, 0.2) is 6.10 Å². The molecule has 88 valence electrons. The highest BCUT2D eigenvalue weighted by Gasteiger charge is 2.47. The van der Waals surface area contributed by atoms with Crippen molar-refractivity contribution in [1.82, 2.24) is 0 Å². The topological polar surface area (TPSA) is 59.1 Å². The number of carbonyl (C=O) groups is 1. The maximum atomic E-state index is 11.1. The van der Waals surface area contributed by atoms with Crippen LogP contribution in [0.2, 0.25) is 0 Å². The van der Waals surface area contributed by atoms with Gasteiger partial charge >= 0.3 is 5.97 Å². The molecule has 1 aliphatic heterocycles. The molecule has 0 radical (unpaired) electrons. The Hall–Kier alpha value is -0.610. The lowest BCUT2D eigenvalue weighted by molar-refractivity contribution is -0.142. The lowest BCUT2D eigenvalue weighted by atomic mass is 9.78. The molecule has 0 aromatic carbocycles. The van der Waals surface area contributed by atoms with E-state index in [1.807, 2.05) is 13.8 Å². The van der Waals surface area contributed by atoms with Crippen LogP contribution in [0.5, 0.6) is 0 Å². The molecule has 1 N–H and O–H groups in total. The number of carbonyl (C=O) groups excluding carboxylic acids is 1. The number of methoxy groups -OCH3 is 1. The predicted octanol–water partition coefficient (Wildman–Crippen LogP) is 0.971. The van der Waals surface area contributed by atoms with E-state index in [1.54, 1.807) is 0 Å². The normalized spacial score (nSPS) is 27.3. The minimum absolute atomic E-state index is 0.0294. The van der Waals surface area contributed by atoms with Crippen LogP contribution in [0.4, 0.5) is 0 Å². The van der Waals surface area contributed by atoms with Crippen molar-refractivity contribution in [3.63, 3.8) is 0 Å². The van der Waals surface area contributed by atoms with Crippen molar-refractivity contribution in [2.24, 2.45) is 11.3 Å². The molecule has 15 heavy (non-hydrogen) atoms. The van der Waals surface area contributed by atoms with Gasteiger partial charge in [-0.25, -0.2) is 4.79 Å². The molecule has 0 aromatic heterocycles. The van der Waals surface area contributed by atoms with Gasteiger partial charge in [-0.3, -0.25) is 0 Å². The summed E-state index contributed by atoms with van der Waals surface area (Å²) in [7, 11) is 1.36. The Morgan fingerprint density at radius 3 is 2.67 bits per heavy atom. The molecular weight excluding hydrogens is 196 g/mol. The van der Waals surface area contributed by atoms with E-state index < -0.39 is 0 Å². The van der Waals surface area contributed by atoms with Crippen molar-refractivity contribution >= 4 is 5.97 Å². The van der Waals surface area contributed by atoms with Crippen molar-refractivity contribution in [1.29, 1.82) is 0 Å². The second-order valence-corrected chi connectivity index (χ2v) is 4.90. The van der Waals surface area contributed by atoms with Crippen LogP contribution >= 0.6 is 0 Å². The van der Waals surface area contributed by atoms with Crippen molar-refractivity contribution in [2.45, 2.75) is 39.4 Å². The molecule has 4 heteroatoms. The Labute approximate surface area is 90.6 Å². The van der Waals surface area contributed by atoms with Gasteiger partial charge in [0.05, 0.1) is 13.2 Å². The van der Waals surface area contributed by atoms with Crippen LogP contribution in [0.25, 0.3) is 0 Å². The number of esters is 1. The summed E-state index contributed by atoms with van der Waals surface area (Å²) < 4.78 is 9.81. The summed E-state index contributed by atoms with van der Waals surface area (Å²) in [5, 5.41) is 9.19. The molecule has 1 fully saturated rings. The van der Waals surface area contributed by atoms with Crippen LogP contribution in [0.3, 0.4) is 0 Å². The summed E-state index contributed by atoms with van der Waals surface area (Å²) >= 11 is 0. The van der Waals surface area contributed by atoms with Gasteiger partial charge in [0, 0.05) is 6.61 Å². The molecule has 4 nitrogen and oxygen atoms in total. The smallest absolute Gasteiger partial charge is 0.337 e. The zero-order valence-corrected chi connectivity index (χ0v) is 9.82. The Kier molecular flexibility index (Phi) is 3.73. The van der Waals surface area contributed by atoms with Gasteiger partial charge in [0.1, 0.15) is 0 Å². The van der Waals surface area contributed by atoms with E-state index in [0.29, 0.717) is 5.92 Å². The monoisotopic (exact) mass is 216 g/mol. The number of hydrogen-bond donors (Lipinski definition) is 1. The van der Waals surface area contributed by atoms with Crippen molar-refractivity contribution in [3.05, 3.63) is 0 Å². The van der Waals surface area contributed by atoms with Crippen molar-refractivity contribution in [3.8, 4) is 0 Å². The van der Waals surface area contributed by atoms with Crippen molar-refractivity contribution in [2.75, 3.05) is 13.7 Å². The van der Waals surface area contributed by atoms with Gasteiger partial charge in [0.25, 0.3) is 0 Å². The van der Waals surface area contributed by atoms with E-state index >= 15 is 0 Å². The van der Waals surface area contributed by atoms with E-state index in [2.05, 4.69) is 11.7 Å². The quantitative estimate of drug-likeness (QED) is 0.549. The highest BCUT2D eigenvalue weighted by atomic mass is 16.6. The molecule has 0 bridgehead atoms. The van der Waals surface area contributed by atoms with Gasteiger partial charge in [-0.2, -0.15) is 0 Å². The fraction of sp³-hybridized carbons (Fsp3) is 0.909. The number of aliphatic hydroxyl groups is 1. The number of hydrogen-bond acceptors (Lipinski definition) is 4. The van der Waals surface area contributed by atoms with Crippen LogP contribution in [-0.4, -0.2) is 37.0 Å². The predicted molar refractivity (Wildman–Crippen MR) is 55.3 cm³/mol. The zero-order chi connectivity index (χ0) is 11.6. The third kappa shape index (κ3) is 2.92. The molecular formula is C11H20O4. The third-order valence-electron chi connectivity index (χ3n) is 3.34. The molecule has 1 rings (SSSR count). The lowest BCUT2D eigenvalue weighted by Crippen LogP contribution is -2.27. The molecule has 1 aliphatic rings. The molecule has 0 amide bonds. The average molecular weight is 216 g/mol. The maximum absolute atomic E-state index is 11.1. The van der Waals surface area contributed by atoms with Gasteiger partial charge in [-0.05, 0) is 17.8 Å². The largest absolute Gasteiger partial charge is 0.467 e. The van der Waals surface area contributed by atoms with Crippen LogP contribution in [0.1, 0.15) is 27.2 Å². The summed E-state index contributed by atoms with van der Waals surface area (Å²) in [4.78, 5) is 11.1. The molecule has 0 spiro atoms. The Bertz CT molecular complexity index is 237. The molecule has 1 heterocycles. The molecule has 1 saturated heterocycles. The van der Waals surface area contributed by atoms with Gasteiger partial charge in [0.2, 0.25) is 0 Å². The van der Waals surface area contributed by atoms with Crippen LogP contribution in [0.15, 0.2) is 0 Å². The lowest BCUT2D eigenvalue weighted by Gasteiger charge is -2.29. The number of ether oxygens (including phenoxy) is 2. The first kappa shape index (κ1) is 12.5. The summed E-state index contributed by atoms with van der Waals surface area (Å²) in [6.07, 6.45) is 0.373. The highest BCUT2D eigenvalue weighted by molar-refractivity contribution is 5.77. The highest BCUT2D eigenvalue weighted by Crippen LogP contribution is 2.36.